The lowest BCUT2D eigenvalue weighted by Crippen LogP contribution is -2.46. The summed E-state index contributed by atoms with van der Waals surface area (Å²) >= 11 is 0. The number of carbonyl (C=O) groups excluding carboxylic acids is 1. The molecule has 3 N–H and O–H groups in total. The van der Waals surface area contributed by atoms with Crippen molar-refractivity contribution >= 4 is 11.9 Å². The molecule has 1 aromatic rings. The molecule has 0 aromatic heterocycles. The van der Waals surface area contributed by atoms with Gasteiger partial charge in [-0.15, -0.1) is 0 Å². The Hall–Kier alpha value is -2.15. The van der Waals surface area contributed by atoms with Crippen LogP contribution in [0.5, 0.6) is 0 Å². The number of carbonyl (C=O) groups is 1. The van der Waals surface area contributed by atoms with Crippen LogP contribution in [0.4, 0.5) is 4.39 Å². The van der Waals surface area contributed by atoms with E-state index in [2.05, 4.69) is 20.9 Å². The van der Waals surface area contributed by atoms with Crippen LogP contribution in [-0.4, -0.2) is 51.8 Å². The van der Waals surface area contributed by atoms with Crippen molar-refractivity contribution in [2.45, 2.75) is 19.4 Å². The second-order valence-electron chi connectivity index (χ2n) is 5.15. The Morgan fingerprint density at radius 1 is 1.26 bits per heavy atom. The van der Waals surface area contributed by atoms with E-state index >= 15 is 0 Å². The van der Waals surface area contributed by atoms with Crippen molar-refractivity contribution < 1.29 is 13.9 Å². The Morgan fingerprint density at radius 2 is 1.91 bits per heavy atom. The first-order valence-corrected chi connectivity index (χ1v) is 7.52. The van der Waals surface area contributed by atoms with E-state index in [0.717, 1.165) is 5.56 Å². The predicted molar refractivity (Wildman–Crippen MR) is 88.9 cm³/mol. The Bertz CT molecular complexity index is 505. The molecule has 0 radical (unpaired) electrons. The zero-order valence-electron chi connectivity index (χ0n) is 13.9. The van der Waals surface area contributed by atoms with Crippen LogP contribution < -0.4 is 16.0 Å². The highest BCUT2D eigenvalue weighted by molar-refractivity contribution is 5.80. The van der Waals surface area contributed by atoms with E-state index in [1.807, 2.05) is 6.92 Å². The molecule has 0 saturated heterocycles. The second kappa shape index (κ2) is 10.6. The van der Waals surface area contributed by atoms with E-state index in [1.165, 1.54) is 12.1 Å². The highest BCUT2D eigenvalue weighted by Gasteiger charge is 2.05. The average Bonchev–Trinajstić information content (AvgIpc) is 2.52. The van der Waals surface area contributed by atoms with Crippen LogP contribution in [0.1, 0.15) is 12.5 Å². The highest BCUT2D eigenvalue weighted by Crippen LogP contribution is 2.03. The molecule has 0 aliphatic heterocycles. The number of aliphatic imine (C=N–C) groups is 1. The van der Waals surface area contributed by atoms with Crippen molar-refractivity contribution in [3.05, 3.63) is 35.6 Å². The second-order valence-corrected chi connectivity index (χ2v) is 5.15. The number of amides is 1. The summed E-state index contributed by atoms with van der Waals surface area (Å²) in [6, 6.07) is 6.05. The lowest BCUT2D eigenvalue weighted by molar-refractivity contribution is -0.120. The van der Waals surface area contributed by atoms with Crippen LogP contribution in [-0.2, 0) is 16.0 Å². The molecule has 1 aromatic carbocycles. The maximum atomic E-state index is 12.8. The number of rotatable bonds is 8. The van der Waals surface area contributed by atoms with Crippen LogP contribution in [0.25, 0.3) is 0 Å². The Morgan fingerprint density at radius 3 is 2.52 bits per heavy atom. The first kappa shape index (κ1) is 18.9. The van der Waals surface area contributed by atoms with E-state index in [-0.39, 0.29) is 24.2 Å². The minimum atomic E-state index is -0.306. The van der Waals surface area contributed by atoms with Crippen molar-refractivity contribution in [1.82, 2.24) is 16.0 Å². The molecule has 6 nitrogen and oxygen atoms in total. The highest BCUT2D eigenvalue weighted by atomic mass is 19.1. The third kappa shape index (κ3) is 8.15. The molecule has 1 atom stereocenters. The van der Waals surface area contributed by atoms with Gasteiger partial charge in [-0.3, -0.25) is 9.79 Å². The SMILES string of the molecule is CN=C(NCCNC(=O)Cc1ccc(F)cc1)NC(C)COC. The minimum absolute atomic E-state index is 0.103. The molecule has 7 heteroatoms. The summed E-state index contributed by atoms with van der Waals surface area (Å²) in [6.45, 7) is 3.59. The van der Waals surface area contributed by atoms with Crippen molar-refractivity contribution in [3.63, 3.8) is 0 Å². The molecule has 0 aliphatic carbocycles. The summed E-state index contributed by atoms with van der Waals surface area (Å²) in [4.78, 5) is 15.9. The lowest BCUT2D eigenvalue weighted by atomic mass is 10.1. The monoisotopic (exact) mass is 324 g/mol. The zero-order valence-corrected chi connectivity index (χ0v) is 13.9. The third-order valence-electron chi connectivity index (χ3n) is 3.04. The zero-order chi connectivity index (χ0) is 17.1. The fourth-order valence-corrected chi connectivity index (χ4v) is 1.95. The number of hydrogen-bond donors (Lipinski definition) is 3. The Balaban J connectivity index is 2.22. The smallest absolute Gasteiger partial charge is 0.224 e. The summed E-state index contributed by atoms with van der Waals surface area (Å²) in [5.74, 6) is 0.247. The first-order valence-electron chi connectivity index (χ1n) is 7.52. The molecule has 23 heavy (non-hydrogen) atoms. The molecule has 1 rings (SSSR count). The topological polar surface area (TPSA) is 74.8 Å². The van der Waals surface area contributed by atoms with Crippen molar-refractivity contribution in [2.75, 3.05) is 33.9 Å². The van der Waals surface area contributed by atoms with E-state index in [0.29, 0.717) is 25.7 Å². The number of ether oxygens (including phenoxy) is 1. The molecule has 0 fully saturated rings. The van der Waals surface area contributed by atoms with Crippen LogP contribution in [0, 0.1) is 5.82 Å². The summed E-state index contributed by atoms with van der Waals surface area (Å²) in [7, 11) is 3.33. The first-order chi connectivity index (χ1) is 11.0. The van der Waals surface area contributed by atoms with Gasteiger partial charge in [0.05, 0.1) is 13.0 Å². The van der Waals surface area contributed by atoms with Crippen LogP contribution in [0.3, 0.4) is 0 Å². The van der Waals surface area contributed by atoms with Gasteiger partial charge in [-0.2, -0.15) is 0 Å². The van der Waals surface area contributed by atoms with Crippen LogP contribution in [0.2, 0.25) is 0 Å². The largest absolute Gasteiger partial charge is 0.383 e. The predicted octanol–water partition coefficient (Wildman–Crippen LogP) is 0.684. The number of nitrogens with zero attached hydrogens (tertiary/aromatic N) is 1. The molecule has 1 unspecified atom stereocenters. The van der Waals surface area contributed by atoms with Gasteiger partial charge in [0, 0.05) is 33.3 Å². The summed E-state index contributed by atoms with van der Waals surface area (Å²) in [6.07, 6.45) is 0.234. The molecular formula is C16H25FN4O2. The van der Waals surface area contributed by atoms with Gasteiger partial charge in [0.1, 0.15) is 5.82 Å². The summed E-state index contributed by atoms with van der Waals surface area (Å²) < 4.78 is 17.8. The van der Waals surface area contributed by atoms with E-state index in [9.17, 15) is 9.18 Å². The quantitative estimate of drug-likeness (QED) is 0.374. The molecular weight excluding hydrogens is 299 g/mol. The van der Waals surface area contributed by atoms with Gasteiger partial charge < -0.3 is 20.7 Å². The minimum Gasteiger partial charge on any atom is -0.383 e. The Labute approximate surface area is 136 Å². The standard InChI is InChI=1S/C16H25FN4O2/c1-12(11-23-3)21-16(18-2)20-9-8-19-15(22)10-13-4-6-14(17)7-5-13/h4-7,12H,8-11H2,1-3H3,(H,19,22)(H2,18,20,21). The normalized spacial score (nSPS) is 12.6. The van der Waals surface area contributed by atoms with E-state index in [4.69, 9.17) is 4.74 Å². The number of methoxy groups -OCH3 is 1. The number of halogens is 1. The summed E-state index contributed by atoms with van der Waals surface area (Å²) in [5.41, 5.74) is 0.780. The van der Waals surface area contributed by atoms with Crippen LogP contribution >= 0.6 is 0 Å². The number of hydrogen-bond acceptors (Lipinski definition) is 3. The fourth-order valence-electron chi connectivity index (χ4n) is 1.95. The number of nitrogens with one attached hydrogen (secondary N) is 3. The third-order valence-corrected chi connectivity index (χ3v) is 3.04. The van der Waals surface area contributed by atoms with Gasteiger partial charge >= 0.3 is 0 Å². The molecule has 0 heterocycles. The van der Waals surface area contributed by atoms with Gasteiger partial charge in [-0.25, -0.2) is 4.39 Å². The summed E-state index contributed by atoms with van der Waals surface area (Å²) in [5, 5.41) is 9.07. The van der Waals surface area contributed by atoms with E-state index in [1.54, 1.807) is 26.3 Å². The number of guanidine groups is 1. The Kier molecular flexibility index (Phi) is 8.67. The molecule has 0 aliphatic rings. The molecule has 0 bridgehead atoms. The molecule has 1 amide bonds. The van der Waals surface area contributed by atoms with Crippen molar-refractivity contribution in [3.8, 4) is 0 Å². The average molecular weight is 324 g/mol. The van der Waals surface area contributed by atoms with Crippen LogP contribution in [0.15, 0.2) is 29.3 Å². The van der Waals surface area contributed by atoms with Gasteiger partial charge in [-0.05, 0) is 24.6 Å². The lowest BCUT2D eigenvalue weighted by Gasteiger charge is -2.17. The fraction of sp³-hybridized carbons (Fsp3) is 0.500. The number of benzene rings is 1. The maximum Gasteiger partial charge on any atom is 0.224 e. The van der Waals surface area contributed by atoms with E-state index < -0.39 is 0 Å². The van der Waals surface area contributed by atoms with Gasteiger partial charge in [0.2, 0.25) is 5.91 Å². The van der Waals surface area contributed by atoms with Gasteiger partial charge in [-0.1, -0.05) is 12.1 Å². The molecule has 0 spiro atoms. The molecule has 0 saturated carbocycles. The van der Waals surface area contributed by atoms with Gasteiger partial charge in [0.25, 0.3) is 0 Å². The van der Waals surface area contributed by atoms with Crippen molar-refractivity contribution in [1.29, 1.82) is 0 Å². The maximum absolute atomic E-state index is 12.8. The van der Waals surface area contributed by atoms with Gasteiger partial charge in [0.15, 0.2) is 5.96 Å². The molecule has 128 valence electrons. The van der Waals surface area contributed by atoms with Crippen molar-refractivity contribution in [2.24, 2.45) is 4.99 Å².